The van der Waals surface area contributed by atoms with E-state index in [0.717, 1.165) is 11.1 Å². The number of β-amino-alcohol motifs (C(OH)–C–C–N with tert-alkyl or cyclic N) is 1. The van der Waals surface area contributed by atoms with Gasteiger partial charge in [0.1, 0.15) is 0 Å². The highest BCUT2D eigenvalue weighted by Crippen LogP contribution is 2.23. The van der Waals surface area contributed by atoms with Gasteiger partial charge in [0, 0.05) is 20.1 Å². The van der Waals surface area contributed by atoms with Gasteiger partial charge >= 0.3 is 0 Å². The number of aliphatic hydroxyl groups is 1. The molecule has 1 saturated heterocycles. The summed E-state index contributed by atoms with van der Waals surface area (Å²) in [6.07, 6.45) is -0.662. The molecule has 1 heterocycles. The normalized spacial score (nSPS) is 24.1. The summed E-state index contributed by atoms with van der Waals surface area (Å²) >= 11 is 0. The fourth-order valence-corrected chi connectivity index (χ4v) is 4.03. The number of benzene rings is 1. The topological polar surface area (TPSA) is 69.6 Å². The van der Waals surface area contributed by atoms with E-state index in [1.165, 1.54) is 11.4 Å². The molecule has 106 valence electrons. The Kier molecular flexibility index (Phi) is 3.96. The van der Waals surface area contributed by atoms with Gasteiger partial charge in [0.15, 0.2) is 0 Å². The van der Waals surface area contributed by atoms with E-state index >= 15 is 0 Å². The van der Waals surface area contributed by atoms with Crippen LogP contribution in [-0.2, 0) is 10.0 Å². The number of hydrogen-bond acceptors (Lipinski definition) is 4. The van der Waals surface area contributed by atoms with E-state index in [1.807, 2.05) is 13.0 Å². The molecule has 6 heteroatoms. The van der Waals surface area contributed by atoms with Gasteiger partial charge in [-0.05, 0) is 25.5 Å². The molecule has 1 aliphatic heterocycles. The van der Waals surface area contributed by atoms with Crippen molar-refractivity contribution >= 4 is 10.0 Å². The first kappa shape index (κ1) is 14.5. The molecule has 0 amide bonds. The Morgan fingerprint density at radius 1 is 1.32 bits per heavy atom. The third kappa shape index (κ3) is 2.67. The lowest BCUT2D eigenvalue weighted by Crippen LogP contribution is -2.44. The van der Waals surface area contributed by atoms with E-state index in [2.05, 4.69) is 5.32 Å². The fraction of sp³-hybridized carbons (Fsp3) is 0.538. The monoisotopic (exact) mass is 284 g/mol. The van der Waals surface area contributed by atoms with Gasteiger partial charge in [0.25, 0.3) is 0 Å². The van der Waals surface area contributed by atoms with Crippen molar-refractivity contribution < 1.29 is 13.5 Å². The second-order valence-electron chi connectivity index (χ2n) is 5.08. The Morgan fingerprint density at radius 3 is 2.53 bits per heavy atom. The zero-order valence-electron chi connectivity index (χ0n) is 11.4. The van der Waals surface area contributed by atoms with Crippen LogP contribution in [0, 0.1) is 13.8 Å². The zero-order valence-corrected chi connectivity index (χ0v) is 12.2. The van der Waals surface area contributed by atoms with Crippen LogP contribution >= 0.6 is 0 Å². The molecule has 0 radical (unpaired) electrons. The molecular formula is C13H20N2O3S. The quantitative estimate of drug-likeness (QED) is 0.835. The molecule has 2 atom stereocenters. The van der Waals surface area contributed by atoms with Crippen LogP contribution in [0.15, 0.2) is 23.1 Å². The average Bonchev–Trinajstić information content (AvgIpc) is 2.73. The van der Waals surface area contributed by atoms with Crippen molar-refractivity contribution in [3.63, 3.8) is 0 Å². The number of hydrogen-bond donors (Lipinski definition) is 2. The van der Waals surface area contributed by atoms with Crippen molar-refractivity contribution in [1.29, 1.82) is 0 Å². The number of nitrogens with one attached hydrogen (secondary N) is 1. The molecule has 1 aromatic rings. The Hall–Kier alpha value is -0.950. The van der Waals surface area contributed by atoms with E-state index in [0.29, 0.717) is 18.0 Å². The van der Waals surface area contributed by atoms with Crippen molar-refractivity contribution in [2.75, 3.05) is 20.1 Å². The minimum absolute atomic E-state index is 0.305. The molecule has 0 aromatic heterocycles. The summed E-state index contributed by atoms with van der Waals surface area (Å²) < 4.78 is 26.4. The molecule has 0 aliphatic carbocycles. The fourth-order valence-electron chi connectivity index (χ4n) is 2.44. The minimum atomic E-state index is -3.57. The van der Waals surface area contributed by atoms with Crippen LogP contribution in [-0.4, -0.2) is 50.1 Å². The zero-order chi connectivity index (χ0) is 14.2. The van der Waals surface area contributed by atoms with E-state index in [4.69, 9.17) is 0 Å². The lowest BCUT2D eigenvalue weighted by atomic mass is 10.2. The molecule has 1 fully saturated rings. The lowest BCUT2D eigenvalue weighted by molar-refractivity contribution is 0.136. The van der Waals surface area contributed by atoms with Gasteiger partial charge in [-0.15, -0.1) is 0 Å². The van der Waals surface area contributed by atoms with E-state index in [-0.39, 0.29) is 0 Å². The van der Waals surface area contributed by atoms with Crippen LogP contribution in [0.1, 0.15) is 11.1 Å². The predicted molar refractivity (Wildman–Crippen MR) is 73.5 cm³/mol. The summed E-state index contributed by atoms with van der Waals surface area (Å²) in [6, 6.07) is 4.86. The molecule has 5 nitrogen and oxygen atoms in total. The number of sulfonamides is 1. The summed E-state index contributed by atoms with van der Waals surface area (Å²) in [5, 5.41) is 12.8. The maximum Gasteiger partial charge on any atom is 0.243 e. The largest absolute Gasteiger partial charge is 0.390 e. The van der Waals surface area contributed by atoms with E-state index in [1.54, 1.807) is 19.1 Å². The highest BCUT2D eigenvalue weighted by molar-refractivity contribution is 7.89. The van der Waals surface area contributed by atoms with Gasteiger partial charge in [0.2, 0.25) is 10.0 Å². The van der Waals surface area contributed by atoms with Gasteiger partial charge in [-0.3, -0.25) is 0 Å². The second-order valence-corrected chi connectivity index (χ2v) is 7.05. The van der Waals surface area contributed by atoms with Gasteiger partial charge < -0.3 is 10.4 Å². The van der Waals surface area contributed by atoms with Crippen LogP contribution in [0.5, 0.6) is 0 Å². The molecule has 0 bridgehead atoms. The summed E-state index contributed by atoms with van der Waals surface area (Å²) in [5.74, 6) is 0. The van der Waals surface area contributed by atoms with Gasteiger partial charge in [-0.2, -0.15) is 4.31 Å². The third-order valence-electron chi connectivity index (χ3n) is 3.61. The molecule has 1 aromatic carbocycles. The van der Waals surface area contributed by atoms with E-state index in [9.17, 15) is 13.5 Å². The number of rotatable bonds is 3. The smallest absolute Gasteiger partial charge is 0.243 e. The van der Waals surface area contributed by atoms with Crippen molar-refractivity contribution in [1.82, 2.24) is 9.62 Å². The summed E-state index contributed by atoms with van der Waals surface area (Å²) in [4.78, 5) is 0.305. The number of likely N-dealkylation sites (N-methyl/N-ethyl adjacent to an activating group) is 1. The standard InChI is InChI=1S/C13H20N2O3S/c1-9-4-5-13(10(2)6-9)19(17,18)15(3)11-7-14-8-12(11)16/h4-6,11-12,14,16H,7-8H2,1-3H3/t11-,12-/m0/s1. The van der Waals surface area contributed by atoms with Crippen LogP contribution in [0.3, 0.4) is 0 Å². The van der Waals surface area contributed by atoms with Crippen LogP contribution < -0.4 is 5.32 Å². The molecule has 19 heavy (non-hydrogen) atoms. The Labute approximate surface area is 114 Å². The number of aryl methyl sites for hydroxylation is 2. The van der Waals surface area contributed by atoms with E-state index < -0.39 is 22.2 Å². The van der Waals surface area contributed by atoms with Crippen molar-refractivity contribution in [2.45, 2.75) is 30.9 Å². The molecule has 2 N–H and O–H groups in total. The molecule has 0 unspecified atom stereocenters. The van der Waals surface area contributed by atoms with Crippen molar-refractivity contribution in [2.24, 2.45) is 0 Å². The van der Waals surface area contributed by atoms with Gasteiger partial charge in [0.05, 0.1) is 17.0 Å². The molecule has 0 spiro atoms. The SMILES string of the molecule is Cc1ccc(S(=O)(=O)N(C)[C@H]2CNC[C@@H]2O)c(C)c1. The molecule has 2 rings (SSSR count). The highest BCUT2D eigenvalue weighted by atomic mass is 32.2. The maximum absolute atomic E-state index is 12.6. The van der Waals surface area contributed by atoms with Crippen LogP contribution in [0.2, 0.25) is 0 Å². The Morgan fingerprint density at radius 2 is 2.00 bits per heavy atom. The lowest BCUT2D eigenvalue weighted by Gasteiger charge is -2.26. The number of nitrogens with zero attached hydrogens (tertiary/aromatic N) is 1. The van der Waals surface area contributed by atoms with Crippen molar-refractivity contribution in [3.8, 4) is 0 Å². The summed E-state index contributed by atoms with van der Waals surface area (Å²) in [7, 11) is -2.05. The van der Waals surface area contributed by atoms with Gasteiger partial charge in [-0.1, -0.05) is 17.7 Å². The first-order chi connectivity index (χ1) is 8.84. The third-order valence-corrected chi connectivity index (χ3v) is 5.65. The second kappa shape index (κ2) is 5.20. The number of aliphatic hydroxyl groups excluding tert-OH is 1. The molecule has 1 aliphatic rings. The molecular weight excluding hydrogens is 264 g/mol. The highest BCUT2D eigenvalue weighted by Gasteiger charge is 2.36. The first-order valence-corrected chi connectivity index (χ1v) is 7.72. The van der Waals surface area contributed by atoms with Crippen LogP contribution in [0.25, 0.3) is 0 Å². The predicted octanol–water partition coefficient (Wildman–Crippen LogP) is 0.257. The van der Waals surface area contributed by atoms with Gasteiger partial charge in [-0.25, -0.2) is 8.42 Å². The average molecular weight is 284 g/mol. The summed E-state index contributed by atoms with van der Waals surface area (Å²) in [6.45, 7) is 4.62. The Balaban J connectivity index is 2.36. The van der Waals surface area contributed by atoms with Crippen molar-refractivity contribution in [3.05, 3.63) is 29.3 Å². The molecule has 0 saturated carbocycles. The first-order valence-electron chi connectivity index (χ1n) is 6.28. The minimum Gasteiger partial charge on any atom is -0.390 e. The van der Waals surface area contributed by atoms with Crippen LogP contribution in [0.4, 0.5) is 0 Å². The summed E-state index contributed by atoms with van der Waals surface area (Å²) in [5.41, 5.74) is 1.76. The Bertz CT molecular complexity index is 571. The maximum atomic E-state index is 12.6.